The molecule has 0 aliphatic carbocycles. The van der Waals surface area contributed by atoms with Gasteiger partial charge in [0, 0.05) is 10.8 Å². The highest BCUT2D eigenvalue weighted by Crippen LogP contribution is 2.28. The van der Waals surface area contributed by atoms with Crippen LogP contribution in [0.3, 0.4) is 0 Å². The molecule has 28 heavy (non-hydrogen) atoms. The SMILES string of the molecule is Cc1c(Cl)cccc1-n1c(SCc2ccc(F)cc2)nc2ccccc2c1=O. The number of hydrogen-bond donors (Lipinski definition) is 0. The third kappa shape index (κ3) is 3.55. The van der Waals surface area contributed by atoms with Gasteiger partial charge >= 0.3 is 0 Å². The smallest absolute Gasteiger partial charge is 0.266 e. The lowest BCUT2D eigenvalue weighted by molar-refractivity contribution is 0.627. The minimum atomic E-state index is -0.274. The van der Waals surface area contributed by atoms with E-state index < -0.39 is 0 Å². The summed E-state index contributed by atoms with van der Waals surface area (Å²) in [6, 6.07) is 19.1. The number of thioether (sulfide) groups is 1. The third-order valence-electron chi connectivity index (χ3n) is 4.51. The summed E-state index contributed by atoms with van der Waals surface area (Å²) >= 11 is 7.73. The second-order valence-corrected chi connectivity index (χ2v) is 7.70. The van der Waals surface area contributed by atoms with Crippen LogP contribution in [-0.2, 0) is 5.75 Å². The first-order valence-corrected chi connectivity index (χ1v) is 10.1. The van der Waals surface area contributed by atoms with E-state index in [2.05, 4.69) is 0 Å². The van der Waals surface area contributed by atoms with Crippen LogP contribution in [0, 0.1) is 12.7 Å². The van der Waals surface area contributed by atoms with Crippen molar-refractivity contribution in [1.29, 1.82) is 0 Å². The van der Waals surface area contributed by atoms with Gasteiger partial charge in [-0.2, -0.15) is 0 Å². The van der Waals surface area contributed by atoms with E-state index in [1.807, 2.05) is 37.3 Å². The summed E-state index contributed by atoms with van der Waals surface area (Å²) in [5.74, 6) is 0.286. The Morgan fingerprint density at radius 1 is 1.04 bits per heavy atom. The van der Waals surface area contributed by atoms with Crippen molar-refractivity contribution in [3.05, 3.63) is 99.1 Å². The zero-order valence-corrected chi connectivity index (χ0v) is 16.6. The second-order valence-electron chi connectivity index (χ2n) is 6.35. The van der Waals surface area contributed by atoms with Gasteiger partial charge in [-0.25, -0.2) is 9.37 Å². The molecule has 0 aliphatic rings. The van der Waals surface area contributed by atoms with Crippen molar-refractivity contribution < 1.29 is 4.39 Å². The number of benzene rings is 3. The Morgan fingerprint density at radius 2 is 1.79 bits per heavy atom. The van der Waals surface area contributed by atoms with Gasteiger partial charge in [0.05, 0.1) is 16.6 Å². The van der Waals surface area contributed by atoms with Crippen LogP contribution >= 0.6 is 23.4 Å². The van der Waals surface area contributed by atoms with E-state index in [0.717, 1.165) is 11.1 Å². The summed E-state index contributed by atoms with van der Waals surface area (Å²) in [6.45, 7) is 1.88. The monoisotopic (exact) mass is 410 g/mol. The molecule has 4 aromatic rings. The first-order chi connectivity index (χ1) is 13.5. The van der Waals surface area contributed by atoms with E-state index >= 15 is 0 Å². The molecule has 6 heteroatoms. The van der Waals surface area contributed by atoms with Crippen LogP contribution in [0.15, 0.2) is 76.7 Å². The van der Waals surface area contributed by atoms with Gasteiger partial charge in [-0.05, 0) is 54.4 Å². The maximum absolute atomic E-state index is 13.3. The van der Waals surface area contributed by atoms with Gasteiger partial charge in [-0.15, -0.1) is 0 Å². The molecule has 0 aliphatic heterocycles. The normalized spacial score (nSPS) is 11.1. The summed E-state index contributed by atoms with van der Waals surface area (Å²) in [7, 11) is 0. The Morgan fingerprint density at radius 3 is 2.57 bits per heavy atom. The van der Waals surface area contributed by atoms with Crippen molar-refractivity contribution in [2.24, 2.45) is 0 Å². The average Bonchev–Trinajstić information content (AvgIpc) is 2.70. The largest absolute Gasteiger partial charge is 0.268 e. The summed E-state index contributed by atoms with van der Waals surface area (Å²) < 4.78 is 14.8. The Balaban J connectivity index is 1.87. The zero-order valence-electron chi connectivity index (χ0n) is 15.0. The van der Waals surface area contributed by atoms with E-state index in [1.165, 1.54) is 23.9 Å². The number of rotatable bonds is 4. The number of aromatic nitrogens is 2. The molecule has 3 aromatic carbocycles. The van der Waals surface area contributed by atoms with Crippen LogP contribution in [0.4, 0.5) is 4.39 Å². The van der Waals surface area contributed by atoms with E-state index in [4.69, 9.17) is 16.6 Å². The highest BCUT2D eigenvalue weighted by Gasteiger charge is 2.16. The van der Waals surface area contributed by atoms with E-state index in [-0.39, 0.29) is 11.4 Å². The summed E-state index contributed by atoms with van der Waals surface area (Å²) in [6.07, 6.45) is 0. The van der Waals surface area contributed by atoms with Gasteiger partial charge in [-0.1, -0.05) is 53.7 Å². The predicted molar refractivity (Wildman–Crippen MR) is 113 cm³/mol. The fourth-order valence-corrected chi connectivity index (χ4v) is 4.12. The first-order valence-electron chi connectivity index (χ1n) is 8.69. The number of hydrogen-bond acceptors (Lipinski definition) is 3. The van der Waals surface area contributed by atoms with E-state index in [0.29, 0.717) is 32.5 Å². The van der Waals surface area contributed by atoms with Gasteiger partial charge in [-0.3, -0.25) is 9.36 Å². The van der Waals surface area contributed by atoms with Crippen molar-refractivity contribution in [3.8, 4) is 5.69 Å². The first kappa shape index (κ1) is 18.7. The quantitative estimate of drug-likeness (QED) is 0.316. The minimum absolute atomic E-state index is 0.141. The summed E-state index contributed by atoms with van der Waals surface area (Å²) in [5, 5.41) is 1.71. The third-order valence-corrected chi connectivity index (χ3v) is 5.93. The van der Waals surface area contributed by atoms with E-state index in [1.54, 1.807) is 28.8 Å². The number of halogens is 2. The molecule has 3 nitrogen and oxygen atoms in total. The maximum atomic E-state index is 13.3. The fraction of sp³-hybridized carbons (Fsp3) is 0.0909. The van der Waals surface area contributed by atoms with Gasteiger partial charge in [0.25, 0.3) is 5.56 Å². The molecule has 0 N–H and O–H groups in total. The molecule has 1 aromatic heterocycles. The molecular formula is C22H16ClFN2OS. The lowest BCUT2D eigenvalue weighted by Crippen LogP contribution is -2.22. The van der Waals surface area contributed by atoms with Gasteiger partial charge in [0.15, 0.2) is 5.16 Å². The lowest BCUT2D eigenvalue weighted by atomic mass is 10.2. The van der Waals surface area contributed by atoms with Crippen LogP contribution < -0.4 is 5.56 Å². The van der Waals surface area contributed by atoms with E-state index in [9.17, 15) is 9.18 Å². The Labute approximate surface area is 170 Å². The minimum Gasteiger partial charge on any atom is -0.268 e. The van der Waals surface area contributed by atoms with Crippen LogP contribution in [0.1, 0.15) is 11.1 Å². The fourth-order valence-electron chi connectivity index (χ4n) is 2.99. The van der Waals surface area contributed by atoms with Crippen LogP contribution in [-0.4, -0.2) is 9.55 Å². The van der Waals surface area contributed by atoms with Crippen LogP contribution in [0.25, 0.3) is 16.6 Å². The highest BCUT2D eigenvalue weighted by molar-refractivity contribution is 7.98. The molecule has 4 rings (SSSR count). The van der Waals surface area contributed by atoms with Crippen LogP contribution in [0.5, 0.6) is 0 Å². The molecule has 0 saturated heterocycles. The van der Waals surface area contributed by atoms with Gasteiger partial charge in [0.1, 0.15) is 5.82 Å². The van der Waals surface area contributed by atoms with Crippen molar-refractivity contribution in [1.82, 2.24) is 9.55 Å². The van der Waals surface area contributed by atoms with Crippen molar-refractivity contribution in [3.63, 3.8) is 0 Å². The number of fused-ring (bicyclic) bond motifs is 1. The topological polar surface area (TPSA) is 34.9 Å². The molecule has 0 unspecified atom stereocenters. The number of para-hydroxylation sites is 1. The molecular weight excluding hydrogens is 395 g/mol. The zero-order chi connectivity index (χ0) is 19.7. The van der Waals surface area contributed by atoms with Crippen LogP contribution in [0.2, 0.25) is 5.02 Å². The van der Waals surface area contributed by atoms with Crippen molar-refractivity contribution >= 4 is 34.3 Å². The molecule has 0 spiro atoms. The summed E-state index contributed by atoms with van der Waals surface area (Å²) in [5.41, 5.74) is 2.97. The standard InChI is InChI=1S/C22H16ClFN2OS/c1-14-18(23)6-4-8-20(14)26-21(27)17-5-2-3-7-19(17)25-22(26)28-13-15-9-11-16(24)12-10-15/h2-12H,13H2,1H3. The molecule has 140 valence electrons. The van der Waals surface area contributed by atoms with Gasteiger partial charge < -0.3 is 0 Å². The Kier molecular flexibility index (Phi) is 5.20. The molecule has 0 amide bonds. The molecule has 0 saturated carbocycles. The molecule has 1 heterocycles. The highest BCUT2D eigenvalue weighted by atomic mass is 35.5. The maximum Gasteiger partial charge on any atom is 0.266 e. The molecule has 0 atom stereocenters. The van der Waals surface area contributed by atoms with Crippen molar-refractivity contribution in [2.75, 3.05) is 0 Å². The molecule has 0 fully saturated rings. The summed E-state index contributed by atoms with van der Waals surface area (Å²) in [4.78, 5) is 18.0. The molecule has 0 radical (unpaired) electrons. The van der Waals surface area contributed by atoms with Crippen molar-refractivity contribution in [2.45, 2.75) is 17.8 Å². The second kappa shape index (κ2) is 7.78. The average molecular weight is 411 g/mol. The lowest BCUT2D eigenvalue weighted by Gasteiger charge is -2.16. The number of nitrogens with zero attached hydrogens (tertiary/aromatic N) is 2. The predicted octanol–water partition coefficient (Wildman–Crippen LogP) is 5.78. The Bertz CT molecular complexity index is 1220. The Hall–Kier alpha value is -2.63. The molecule has 0 bridgehead atoms. The van der Waals surface area contributed by atoms with Gasteiger partial charge in [0.2, 0.25) is 0 Å².